The van der Waals surface area contributed by atoms with Crippen LogP contribution in [0.2, 0.25) is 0 Å². The topological polar surface area (TPSA) is 55.1 Å². The highest BCUT2D eigenvalue weighted by Crippen LogP contribution is 2.39. The van der Waals surface area contributed by atoms with Gasteiger partial charge in [0, 0.05) is 24.2 Å². The quantitative estimate of drug-likeness (QED) is 0.285. The molecule has 1 unspecified atom stereocenters. The minimum absolute atomic E-state index is 0.0696. The molecule has 200 valence electrons. The fourth-order valence-electron chi connectivity index (χ4n) is 4.61. The number of rotatable bonds is 5. The Hall–Kier alpha value is -3.66. The third kappa shape index (κ3) is 5.31. The molecular weight excluding hydrogens is 510 g/mol. The standard InChI is InChI=1S/C28H24F6N2O2/c1-15-6-8-18(9-7-15)22-21-5-4-10-35-23(21)26(38)36(3)24(22)25(37)16(2)11-17-12-19(27(29,30)31)14-20(13-17)28(32,33)34/h4-10,12-14,16,25,37H,11H2,1-3H3/t16?,25-/m1/s1. The van der Waals surface area contributed by atoms with E-state index in [1.165, 1.54) is 24.7 Å². The van der Waals surface area contributed by atoms with E-state index in [4.69, 9.17) is 0 Å². The van der Waals surface area contributed by atoms with Crippen molar-refractivity contribution < 1.29 is 31.4 Å². The first-order valence-electron chi connectivity index (χ1n) is 11.7. The second-order valence-electron chi connectivity index (χ2n) is 9.43. The monoisotopic (exact) mass is 534 g/mol. The molecule has 0 aliphatic heterocycles. The van der Waals surface area contributed by atoms with E-state index in [0.717, 1.165) is 5.56 Å². The summed E-state index contributed by atoms with van der Waals surface area (Å²) < 4.78 is 81.3. The van der Waals surface area contributed by atoms with E-state index in [1.54, 1.807) is 12.1 Å². The van der Waals surface area contributed by atoms with Gasteiger partial charge in [-0.3, -0.25) is 9.78 Å². The second-order valence-corrected chi connectivity index (χ2v) is 9.43. The van der Waals surface area contributed by atoms with Crippen LogP contribution in [0.15, 0.2) is 65.6 Å². The molecule has 0 aliphatic carbocycles. The van der Waals surface area contributed by atoms with Gasteiger partial charge in [-0.25, -0.2) is 0 Å². The van der Waals surface area contributed by atoms with Crippen molar-refractivity contribution in [3.63, 3.8) is 0 Å². The number of fused-ring (bicyclic) bond motifs is 1. The lowest BCUT2D eigenvalue weighted by atomic mass is 9.87. The molecule has 38 heavy (non-hydrogen) atoms. The van der Waals surface area contributed by atoms with Gasteiger partial charge in [0.15, 0.2) is 0 Å². The van der Waals surface area contributed by atoms with Gasteiger partial charge >= 0.3 is 12.4 Å². The Kier molecular flexibility index (Phi) is 7.13. The van der Waals surface area contributed by atoms with Gasteiger partial charge in [-0.15, -0.1) is 0 Å². The highest BCUT2D eigenvalue weighted by Gasteiger charge is 2.37. The molecule has 4 rings (SSSR count). The second kappa shape index (κ2) is 9.90. The maximum atomic E-state index is 13.4. The molecule has 2 heterocycles. The number of nitrogens with zero attached hydrogens (tertiary/aromatic N) is 2. The van der Waals surface area contributed by atoms with Gasteiger partial charge in [-0.1, -0.05) is 42.8 Å². The fourth-order valence-corrected chi connectivity index (χ4v) is 4.61. The van der Waals surface area contributed by atoms with Crippen LogP contribution in [0.4, 0.5) is 26.3 Å². The summed E-state index contributed by atoms with van der Waals surface area (Å²) in [7, 11) is 1.45. The summed E-state index contributed by atoms with van der Waals surface area (Å²) in [4.78, 5) is 17.3. The molecule has 2 atom stereocenters. The van der Waals surface area contributed by atoms with Gasteiger partial charge < -0.3 is 9.67 Å². The first-order valence-corrected chi connectivity index (χ1v) is 11.7. The van der Waals surface area contributed by atoms with Gasteiger partial charge in [0.2, 0.25) is 0 Å². The zero-order chi connectivity index (χ0) is 28.0. The van der Waals surface area contributed by atoms with Crippen LogP contribution < -0.4 is 5.56 Å². The van der Waals surface area contributed by atoms with Crippen LogP contribution in [0.25, 0.3) is 22.0 Å². The molecule has 0 aliphatic rings. The average molecular weight is 535 g/mol. The molecule has 4 nitrogen and oxygen atoms in total. The molecule has 0 spiro atoms. The molecule has 1 N–H and O–H groups in total. The Morgan fingerprint density at radius 1 is 0.947 bits per heavy atom. The van der Waals surface area contributed by atoms with Gasteiger partial charge in [-0.05, 0) is 54.7 Å². The molecule has 10 heteroatoms. The van der Waals surface area contributed by atoms with Gasteiger partial charge in [0.25, 0.3) is 5.56 Å². The van der Waals surface area contributed by atoms with E-state index in [-0.39, 0.29) is 29.3 Å². The Morgan fingerprint density at radius 3 is 2.08 bits per heavy atom. The third-order valence-electron chi connectivity index (χ3n) is 6.57. The Bertz CT molecular complexity index is 1510. The smallest absolute Gasteiger partial charge is 0.387 e. The number of pyridine rings is 2. The predicted molar refractivity (Wildman–Crippen MR) is 131 cm³/mol. The first-order chi connectivity index (χ1) is 17.7. The molecule has 2 aromatic heterocycles. The van der Waals surface area contributed by atoms with Crippen LogP contribution in [-0.2, 0) is 25.8 Å². The number of aliphatic hydroxyl groups excluding tert-OH is 1. The van der Waals surface area contributed by atoms with Gasteiger partial charge in [0.05, 0.1) is 22.9 Å². The summed E-state index contributed by atoms with van der Waals surface area (Å²) in [5.41, 5.74) is -1.06. The molecule has 0 fully saturated rings. The first kappa shape index (κ1) is 27.4. The summed E-state index contributed by atoms with van der Waals surface area (Å²) in [5, 5.41) is 11.9. The predicted octanol–water partition coefficient (Wildman–Crippen LogP) is 6.86. The zero-order valence-corrected chi connectivity index (χ0v) is 20.7. The van der Waals surface area contributed by atoms with Crippen LogP contribution in [0.3, 0.4) is 0 Å². The summed E-state index contributed by atoms with van der Waals surface area (Å²) in [5.74, 6) is -0.858. The van der Waals surface area contributed by atoms with Crippen molar-refractivity contribution in [2.24, 2.45) is 13.0 Å². The summed E-state index contributed by atoms with van der Waals surface area (Å²) in [6.45, 7) is 3.40. The number of aryl methyl sites for hydroxylation is 1. The van der Waals surface area contributed by atoms with Gasteiger partial charge in [0.1, 0.15) is 5.52 Å². The molecule has 0 saturated heterocycles. The third-order valence-corrected chi connectivity index (χ3v) is 6.57. The molecule has 0 bridgehead atoms. The van der Waals surface area contributed by atoms with E-state index >= 15 is 0 Å². The molecule has 0 saturated carbocycles. The van der Waals surface area contributed by atoms with Crippen LogP contribution in [-0.4, -0.2) is 14.7 Å². The van der Waals surface area contributed by atoms with Crippen molar-refractivity contribution in [1.29, 1.82) is 0 Å². The summed E-state index contributed by atoms with van der Waals surface area (Å²) in [6, 6.07) is 12.0. The highest BCUT2D eigenvalue weighted by atomic mass is 19.4. The number of benzene rings is 2. The SMILES string of the molecule is Cc1ccc(-c2c([C@H](O)C(C)Cc3cc(C(F)(F)F)cc(C(F)(F)F)c3)n(C)c(=O)c3ncccc23)cc1. The van der Waals surface area contributed by atoms with Crippen molar-refractivity contribution in [1.82, 2.24) is 9.55 Å². The van der Waals surface area contributed by atoms with Crippen LogP contribution in [0.1, 0.15) is 41.0 Å². The number of halogens is 6. The molecular formula is C28H24F6N2O2. The normalized spacial score (nSPS) is 14.1. The summed E-state index contributed by atoms with van der Waals surface area (Å²) >= 11 is 0. The Morgan fingerprint density at radius 2 is 1.53 bits per heavy atom. The molecule has 4 aromatic rings. The van der Waals surface area contributed by atoms with Crippen molar-refractivity contribution in [2.75, 3.05) is 0 Å². The number of hydrogen-bond donors (Lipinski definition) is 1. The maximum absolute atomic E-state index is 13.4. The van der Waals surface area contributed by atoms with Crippen LogP contribution in [0, 0.1) is 12.8 Å². The van der Waals surface area contributed by atoms with Crippen molar-refractivity contribution in [3.8, 4) is 11.1 Å². The Balaban J connectivity index is 1.85. The maximum Gasteiger partial charge on any atom is 0.416 e. The number of aromatic nitrogens is 2. The van der Waals surface area contributed by atoms with Crippen molar-refractivity contribution in [2.45, 2.75) is 38.7 Å². The van der Waals surface area contributed by atoms with Crippen molar-refractivity contribution in [3.05, 3.63) is 99.1 Å². The minimum Gasteiger partial charge on any atom is -0.387 e. The van der Waals surface area contributed by atoms with E-state index in [2.05, 4.69) is 4.98 Å². The number of alkyl halides is 6. The Labute approximate surface area is 214 Å². The van der Waals surface area contributed by atoms with E-state index in [9.17, 15) is 36.2 Å². The molecule has 0 amide bonds. The highest BCUT2D eigenvalue weighted by molar-refractivity contribution is 5.95. The average Bonchev–Trinajstić information content (AvgIpc) is 2.85. The van der Waals surface area contributed by atoms with Crippen LogP contribution in [0.5, 0.6) is 0 Å². The number of hydrogen-bond acceptors (Lipinski definition) is 3. The zero-order valence-electron chi connectivity index (χ0n) is 20.7. The summed E-state index contributed by atoms with van der Waals surface area (Å²) in [6.07, 6.45) is -10.2. The lowest BCUT2D eigenvalue weighted by Gasteiger charge is -2.26. The lowest BCUT2D eigenvalue weighted by Crippen LogP contribution is -2.27. The van der Waals surface area contributed by atoms with Crippen LogP contribution >= 0.6 is 0 Å². The minimum atomic E-state index is -4.98. The van der Waals surface area contributed by atoms with Crippen molar-refractivity contribution >= 4 is 10.9 Å². The van der Waals surface area contributed by atoms with E-state index in [0.29, 0.717) is 28.6 Å². The van der Waals surface area contributed by atoms with E-state index in [1.807, 2.05) is 31.2 Å². The van der Waals surface area contributed by atoms with E-state index < -0.39 is 41.1 Å². The van der Waals surface area contributed by atoms with Gasteiger partial charge in [-0.2, -0.15) is 26.3 Å². The largest absolute Gasteiger partial charge is 0.416 e. The number of aliphatic hydroxyl groups is 1. The molecule has 0 radical (unpaired) electrons. The molecule has 2 aromatic carbocycles. The fraction of sp³-hybridized carbons (Fsp3) is 0.286. The lowest BCUT2D eigenvalue weighted by molar-refractivity contribution is -0.143.